The maximum atomic E-state index is 9.85. The van der Waals surface area contributed by atoms with Crippen molar-refractivity contribution >= 4 is 0 Å². The number of hydrogen-bond donors (Lipinski definition) is 2. The van der Waals surface area contributed by atoms with Crippen LogP contribution in [0.3, 0.4) is 0 Å². The maximum Gasteiger partial charge on any atom is 0.133 e. The van der Waals surface area contributed by atoms with Crippen molar-refractivity contribution in [2.24, 2.45) is 5.92 Å². The molecule has 1 aromatic heterocycles. The fraction of sp³-hybridized carbons (Fsp3) is 0.714. The van der Waals surface area contributed by atoms with E-state index in [1.165, 1.54) is 25.9 Å². The minimum absolute atomic E-state index is 0.532. The molecule has 2 rings (SSSR count). The Morgan fingerprint density at radius 1 is 1.50 bits per heavy atom. The molecule has 1 aliphatic heterocycles. The molecule has 2 N–H and O–H groups in total. The molecular weight excluding hydrogens is 228 g/mol. The van der Waals surface area contributed by atoms with Crippen molar-refractivity contribution in [1.29, 1.82) is 0 Å². The first kappa shape index (κ1) is 13.6. The van der Waals surface area contributed by atoms with E-state index in [0.717, 1.165) is 19.0 Å². The van der Waals surface area contributed by atoms with E-state index >= 15 is 0 Å². The predicted molar refractivity (Wildman–Crippen MR) is 71.4 cm³/mol. The van der Waals surface area contributed by atoms with Gasteiger partial charge in [0.15, 0.2) is 0 Å². The fourth-order valence-corrected chi connectivity index (χ4v) is 2.51. The Labute approximate surface area is 109 Å². The smallest absolute Gasteiger partial charge is 0.133 e. The lowest BCUT2D eigenvalue weighted by molar-refractivity contribution is 0.140. The third kappa shape index (κ3) is 3.83. The number of furan rings is 1. The molecule has 0 bridgehead atoms. The molecule has 0 radical (unpaired) electrons. The van der Waals surface area contributed by atoms with Gasteiger partial charge in [0, 0.05) is 6.54 Å². The topological polar surface area (TPSA) is 48.6 Å². The van der Waals surface area contributed by atoms with Gasteiger partial charge in [-0.15, -0.1) is 0 Å². The molecule has 1 unspecified atom stereocenters. The average molecular weight is 252 g/mol. The number of nitrogens with one attached hydrogen (secondary N) is 1. The quantitative estimate of drug-likeness (QED) is 0.808. The van der Waals surface area contributed by atoms with Gasteiger partial charge in [-0.3, -0.25) is 0 Å². The SMILES string of the molecule is CCN1CCC(CNCC(O)c2ccco2)CC1. The molecule has 0 aromatic carbocycles. The summed E-state index contributed by atoms with van der Waals surface area (Å²) in [6, 6.07) is 3.62. The van der Waals surface area contributed by atoms with Gasteiger partial charge in [-0.25, -0.2) is 0 Å². The van der Waals surface area contributed by atoms with Crippen LogP contribution in [0.5, 0.6) is 0 Å². The number of piperidine rings is 1. The summed E-state index contributed by atoms with van der Waals surface area (Å²) < 4.78 is 5.17. The molecule has 1 saturated heterocycles. The minimum atomic E-state index is -0.532. The number of likely N-dealkylation sites (tertiary alicyclic amines) is 1. The lowest BCUT2D eigenvalue weighted by atomic mass is 9.97. The Morgan fingerprint density at radius 3 is 2.89 bits per heavy atom. The van der Waals surface area contributed by atoms with Gasteiger partial charge in [0.25, 0.3) is 0 Å². The number of rotatable bonds is 6. The van der Waals surface area contributed by atoms with Crippen molar-refractivity contribution in [3.8, 4) is 0 Å². The summed E-state index contributed by atoms with van der Waals surface area (Å²) in [6.45, 7) is 7.37. The van der Waals surface area contributed by atoms with Crippen molar-refractivity contribution in [3.05, 3.63) is 24.2 Å². The molecule has 102 valence electrons. The van der Waals surface area contributed by atoms with Crippen molar-refractivity contribution < 1.29 is 9.52 Å². The van der Waals surface area contributed by atoms with E-state index in [1.807, 2.05) is 6.07 Å². The highest BCUT2D eigenvalue weighted by atomic mass is 16.4. The van der Waals surface area contributed by atoms with Crippen molar-refractivity contribution in [2.45, 2.75) is 25.9 Å². The zero-order chi connectivity index (χ0) is 12.8. The van der Waals surface area contributed by atoms with Crippen LogP contribution in [-0.4, -0.2) is 42.7 Å². The number of nitrogens with zero attached hydrogens (tertiary/aromatic N) is 1. The van der Waals surface area contributed by atoms with E-state index < -0.39 is 6.10 Å². The van der Waals surface area contributed by atoms with E-state index in [1.54, 1.807) is 12.3 Å². The summed E-state index contributed by atoms with van der Waals surface area (Å²) >= 11 is 0. The molecule has 1 atom stereocenters. The van der Waals surface area contributed by atoms with E-state index in [9.17, 15) is 5.11 Å². The van der Waals surface area contributed by atoms with Gasteiger partial charge < -0.3 is 19.7 Å². The second-order valence-electron chi connectivity index (χ2n) is 5.07. The molecule has 18 heavy (non-hydrogen) atoms. The van der Waals surface area contributed by atoms with Gasteiger partial charge >= 0.3 is 0 Å². The molecule has 1 aliphatic rings. The van der Waals surface area contributed by atoms with Crippen LogP contribution in [0.4, 0.5) is 0 Å². The highest BCUT2D eigenvalue weighted by Gasteiger charge is 2.18. The molecule has 0 saturated carbocycles. The zero-order valence-corrected chi connectivity index (χ0v) is 11.1. The fourth-order valence-electron chi connectivity index (χ4n) is 2.51. The largest absolute Gasteiger partial charge is 0.467 e. The van der Waals surface area contributed by atoms with Crippen LogP contribution in [0.2, 0.25) is 0 Å². The number of aliphatic hydroxyl groups is 1. The second-order valence-corrected chi connectivity index (χ2v) is 5.07. The van der Waals surface area contributed by atoms with Crippen LogP contribution in [0.25, 0.3) is 0 Å². The summed E-state index contributed by atoms with van der Waals surface area (Å²) in [6.07, 6.45) is 3.59. The zero-order valence-electron chi connectivity index (χ0n) is 11.1. The monoisotopic (exact) mass is 252 g/mol. The van der Waals surface area contributed by atoms with Crippen LogP contribution in [0.15, 0.2) is 22.8 Å². The van der Waals surface area contributed by atoms with Gasteiger partial charge in [0.1, 0.15) is 11.9 Å². The Balaban J connectivity index is 1.61. The molecule has 0 spiro atoms. The predicted octanol–water partition coefficient (Wildman–Crippen LogP) is 1.63. The maximum absolute atomic E-state index is 9.85. The number of hydrogen-bond acceptors (Lipinski definition) is 4. The first-order valence-corrected chi connectivity index (χ1v) is 6.94. The number of aliphatic hydroxyl groups excluding tert-OH is 1. The van der Waals surface area contributed by atoms with Crippen molar-refractivity contribution in [2.75, 3.05) is 32.7 Å². The van der Waals surface area contributed by atoms with E-state index in [2.05, 4.69) is 17.1 Å². The highest BCUT2D eigenvalue weighted by Crippen LogP contribution is 2.16. The molecule has 1 fully saturated rings. The third-order valence-electron chi connectivity index (χ3n) is 3.80. The van der Waals surface area contributed by atoms with Gasteiger partial charge in [-0.2, -0.15) is 0 Å². The minimum Gasteiger partial charge on any atom is -0.467 e. The summed E-state index contributed by atoms with van der Waals surface area (Å²) in [7, 11) is 0. The normalized spacial score (nSPS) is 20.1. The average Bonchev–Trinajstić information content (AvgIpc) is 2.93. The Bertz CT molecular complexity index is 319. The molecule has 4 nitrogen and oxygen atoms in total. The molecule has 2 heterocycles. The highest BCUT2D eigenvalue weighted by molar-refractivity contribution is 5.02. The summed E-state index contributed by atoms with van der Waals surface area (Å²) in [5.41, 5.74) is 0. The second kappa shape index (κ2) is 6.92. The van der Waals surface area contributed by atoms with Crippen LogP contribution in [0.1, 0.15) is 31.6 Å². The van der Waals surface area contributed by atoms with Crippen molar-refractivity contribution in [3.63, 3.8) is 0 Å². The van der Waals surface area contributed by atoms with Gasteiger partial charge in [0.2, 0.25) is 0 Å². The lowest BCUT2D eigenvalue weighted by Gasteiger charge is -2.31. The lowest BCUT2D eigenvalue weighted by Crippen LogP contribution is -2.37. The van der Waals surface area contributed by atoms with Gasteiger partial charge in [-0.1, -0.05) is 6.92 Å². The summed E-state index contributed by atoms with van der Waals surface area (Å²) in [4.78, 5) is 2.49. The molecule has 4 heteroatoms. The van der Waals surface area contributed by atoms with Gasteiger partial charge in [0.05, 0.1) is 6.26 Å². The van der Waals surface area contributed by atoms with Crippen LogP contribution in [0, 0.1) is 5.92 Å². The van der Waals surface area contributed by atoms with Crippen molar-refractivity contribution in [1.82, 2.24) is 10.2 Å². The molecule has 0 amide bonds. The van der Waals surface area contributed by atoms with E-state index in [4.69, 9.17) is 4.42 Å². The molecule has 1 aromatic rings. The van der Waals surface area contributed by atoms with Gasteiger partial charge in [-0.05, 0) is 57.1 Å². The van der Waals surface area contributed by atoms with Crippen LogP contribution < -0.4 is 5.32 Å². The standard InChI is InChI=1S/C14H24N2O2/c1-2-16-7-5-12(6-8-16)10-15-11-13(17)14-4-3-9-18-14/h3-4,9,12-13,15,17H,2,5-8,10-11H2,1H3. The summed E-state index contributed by atoms with van der Waals surface area (Å²) in [5, 5.41) is 13.2. The first-order valence-electron chi connectivity index (χ1n) is 6.94. The Kier molecular flexibility index (Phi) is 5.23. The van der Waals surface area contributed by atoms with E-state index in [0.29, 0.717) is 12.3 Å². The Morgan fingerprint density at radius 2 is 2.28 bits per heavy atom. The molecule has 0 aliphatic carbocycles. The third-order valence-corrected chi connectivity index (χ3v) is 3.80. The van der Waals surface area contributed by atoms with Crippen LogP contribution >= 0.6 is 0 Å². The first-order chi connectivity index (χ1) is 8.79. The van der Waals surface area contributed by atoms with E-state index in [-0.39, 0.29) is 0 Å². The Hall–Kier alpha value is -0.840. The van der Waals surface area contributed by atoms with Crippen LogP contribution in [-0.2, 0) is 0 Å². The summed E-state index contributed by atoms with van der Waals surface area (Å²) in [5.74, 6) is 1.39. The molecular formula is C14H24N2O2.